The summed E-state index contributed by atoms with van der Waals surface area (Å²) in [6.07, 6.45) is -5.22. The largest absolute Gasteiger partial charge is 0.418 e. The van der Waals surface area contributed by atoms with Gasteiger partial charge in [-0.25, -0.2) is 9.18 Å². The number of aromatic amines is 1. The van der Waals surface area contributed by atoms with Crippen molar-refractivity contribution in [2.75, 3.05) is 11.4 Å². The van der Waals surface area contributed by atoms with E-state index in [-0.39, 0.29) is 41.1 Å². The van der Waals surface area contributed by atoms with Crippen molar-refractivity contribution in [2.45, 2.75) is 24.9 Å². The lowest BCUT2D eigenvalue weighted by molar-refractivity contribution is -0.175. The van der Waals surface area contributed by atoms with E-state index in [1.807, 2.05) is 0 Å². The molecule has 2 aromatic carbocycles. The second kappa shape index (κ2) is 8.23. The van der Waals surface area contributed by atoms with E-state index in [2.05, 4.69) is 10.3 Å². The van der Waals surface area contributed by atoms with Gasteiger partial charge in [-0.1, -0.05) is 11.6 Å². The molecule has 0 spiro atoms. The highest BCUT2D eigenvalue weighted by Crippen LogP contribution is 2.37. The minimum Gasteiger partial charge on any atom is -0.407 e. The molecular weight excluding hydrogens is 470 g/mol. The second-order valence-corrected chi connectivity index (χ2v) is 7.88. The van der Waals surface area contributed by atoms with Gasteiger partial charge in [-0.3, -0.25) is 4.79 Å². The van der Waals surface area contributed by atoms with E-state index in [1.54, 1.807) is 0 Å². The average Bonchev–Trinajstić information content (AvgIpc) is 3.27. The number of H-pyrrole nitrogens is 1. The number of hydrogen-bond acceptors (Lipinski definition) is 4. The number of aromatic nitrogens is 1. The maximum atomic E-state index is 13.4. The molecule has 2 heterocycles. The number of ether oxygens (including phenoxy) is 1. The molecule has 12 heteroatoms. The van der Waals surface area contributed by atoms with Crippen LogP contribution in [0, 0.1) is 5.82 Å². The minimum absolute atomic E-state index is 0.0978. The molecule has 0 saturated carbocycles. The summed E-state index contributed by atoms with van der Waals surface area (Å²) >= 11 is 5.74. The molecule has 0 bridgehead atoms. The second-order valence-electron chi connectivity index (χ2n) is 7.44. The monoisotopic (exact) mass is 485 g/mol. The molecule has 33 heavy (non-hydrogen) atoms. The van der Waals surface area contributed by atoms with Crippen molar-refractivity contribution in [3.63, 3.8) is 0 Å². The van der Waals surface area contributed by atoms with Gasteiger partial charge in [0.25, 0.3) is 11.7 Å². The van der Waals surface area contributed by atoms with Crippen LogP contribution in [0.4, 0.5) is 28.0 Å². The molecule has 174 valence electrons. The third-order valence-corrected chi connectivity index (χ3v) is 5.37. The molecule has 2 amide bonds. The van der Waals surface area contributed by atoms with Crippen molar-refractivity contribution in [1.82, 2.24) is 10.3 Å². The van der Waals surface area contributed by atoms with Crippen LogP contribution < -0.4 is 10.2 Å². The van der Waals surface area contributed by atoms with Gasteiger partial charge in [0.15, 0.2) is 0 Å². The van der Waals surface area contributed by atoms with Gasteiger partial charge in [-0.05, 0) is 42.0 Å². The van der Waals surface area contributed by atoms with E-state index >= 15 is 0 Å². The topological polar surface area (TPSA) is 94.7 Å². The first kappa shape index (κ1) is 22.9. The van der Waals surface area contributed by atoms with Gasteiger partial charge in [0.2, 0.25) is 0 Å². The summed E-state index contributed by atoms with van der Waals surface area (Å²) in [4.78, 5) is 28.4. The third kappa shape index (κ3) is 4.60. The molecule has 1 aliphatic heterocycles. The highest BCUT2D eigenvalue weighted by molar-refractivity contribution is 6.30. The van der Waals surface area contributed by atoms with Crippen LogP contribution in [0.15, 0.2) is 42.6 Å². The van der Waals surface area contributed by atoms with Crippen LogP contribution in [0.25, 0.3) is 10.9 Å². The lowest BCUT2D eigenvalue weighted by Crippen LogP contribution is -2.46. The van der Waals surface area contributed by atoms with Crippen LogP contribution in [-0.2, 0) is 22.3 Å². The van der Waals surface area contributed by atoms with Gasteiger partial charge in [0, 0.05) is 47.3 Å². The molecular formula is C21H16ClF4N3O4. The summed E-state index contributed by atoms with van der Waals surface area (Å²) in [5.41, 5.74) is -0.245. The number of amides is 2. The molecule has 1 aliphatic rings. The van der Waals surface area contributed by atoms with Crippen LogP contribution >= 0.6 is 11.6 Å². The van der Waals surface area contributed by atoms with Gasteiger partial charge in [-0.15, -0.1) is 0 Å². The molecule has 3 aromatic rings. The molecule has 0 aliphatic carbocycles. The molecule has 1 aromatic heterocycles. The van der Waals surface area contributed by atoms with E-state index in [0.29, 0.717) is 5.56 Å². The smallest absolute Gasteiger partial charge is 0.407 e. The lowest BCUT2D eigenvalue weighted by atomic mass is 10.1. The molecule has 1 unspecified atom stereocenters. The Hall–Kier alpha value is -3.31. The Labute approximate surface area is 188 Å². The lowest BCUT2D eigenvalue weighted by Gasteiger charge is -2.22. The van der Waals surface area contributed by atoms with Crippen molar-refractivity contribution in [1.29, 1.82) is 0 Å². The Balaban J connectivity index is 1.47. The Morgan fingerprint density at radius 3 is 2.73 bits per heavy atom. The Morgan fingerprint density at radius 1 is 1.27 bits per heavy atom. The summed E-state index contributed by atoms with van der Waals surface area (Å²) in [5.74, 6) is -4.13. The number of hydrogen-bond donors (Lipinski definition) is 3. The predicted octanol–water partition coefficient (Wildman–Crippen LogP) is 4.33. The zero-order valence-electron chi connectivity index (χ0n) is 16.7. The summed E-state index contributed by atoms with van der Waals surface area (Å²) in [6, 6.07) is 7.59. The number of carbonyl (C=O) groups is 2. The summed E-state index contributed by atoms with van der Waals surface area (Å²) in [5, 5.41) is 12.8. The number of nitrogens with zero attached hydrogens (tertiary/aromatic N) is 1. The number of benzene rings is 2. The van der Waals surface area contributed by atoms with Gasteiger partial charge in [-0.2, -0.15) is 13.2 Å². The highest BCUT2D eigenvalue weighted by Gasteiger charge is 2.49. The third-order valence-electron chi connectivity index (χ3n) is 5.16. The van der Waals surface area contributed by atoms with Crippen molar-refractivity contribution in [2.24, 2.45) is 0 Å². The number of carbonyl (C=O) groups excluding carboxylic acids is 2. The van der Waals surface area contributed by atoms with E-state index in [1.165, 1.54) is 24.3 Å². The SMILES string of the molecule is O=C(NCc1cc(F)cc(Cl)c1)OC1(O)CCN(c2ccc3[nH]cc(C(F)(F)F)c3c2)C1=O. The average molecular weight is 486 g/mol. The maximum absolute atomic E-state index is 13.4. The molecule has 1 fully saturated rings. The van der Waals surface area contributed by atoms with Gasteiger partial charge < -0.3 is 25.0 Å². The number of aliphatic hydroxyl groups is 1. The fourth-order valence-corrected chi connectivity index (χ4v) is 3.86. The number of fused-ring (bicyclic) bond motifs is 1. The van der Waals surface area contributed by atoms with Gasteiger partial charge in [0.1, 0.15) is 5.82 Å². The van der Waals surface area contributed by atoms with Crippen LogP contribution in [0.2, 0.25) is 5.02 Å². The molecule has 1 atom stereocenters. The van der Waals surface area contributed by atoms with Gasteiger partial charge in [0.05, 0.1) is 5.56 Å². The normalized spacial score (nSPS) is 18.7. The highest BCUT2D eigenvalue weighted by atomic mass is 35.5. The number of rotatable bonds is 4. The zero-order valence-corrected chi connectivity index (χ0v) is 17.4. The summed E-state index contributed by atoms with van der Waals surface area (Å²) in [6.45, 7) is -0.284. The molecule has 0 radical (unpaired) electrons. The van der Waals surface area contributed by atoms with Crippen LogP contribution in [-0.4, -0.2) is 34.4 Å². The zero-order chi connectivity index (χ0) is 24.0. The Bertz CT molecular complexity index is 1230. The number of halogens is 5. The van der Waals surface area contributed by atoms with Gasteiger partial charge >= 0.3 is 12.3 Å². The summed E-state index contributed by atoms with van der Waals surface area (Å²) in [7, 11) is 0. The van der Waals surface area contributed by atoms with E-state index in [4.69, 9.17) is 16.3 Å². The number of anilines is 1. The van der Waals surface area contributed by atoms with Crippen LogP contribution in [0.3, 0.4) is 0 Å². The quantitative estimate of drug-likeness (QED) is 0.379. The van der Waals surface area contributed by atoms with Crippen molar-refractivity contribution < 1.29 is 37.0 Å². The minimum atomic E-state index is -4.60. The fourth-order valence-electron chi connectivity index (χ4n) is 3.61. The summed E-state index contributed by atoms with van der Waals surface area (Å²) < 4.78 is 57.9. The first-order valence-electron chi connectivity index (χ1n) is 9.61. The van der Waals surface area contributed by atoms with Crippen LogP contribution in [0.1, 0.15) is 17.5 Å². The number of alkyl carbamates (subject to hydrolysis) is 1. The fraction of sp³-hybridized carbons (Fsp3) is 0.238. The Kier molecular flexibility index (Phi) is 5.71. The van der Waals surface area contributed by atoms with E-state index in [9.17, 15) is 32.3 Å². The van der Waals surface area contributed by atoms with E-state index < -0.39 is 35.3 Å². The van der Waals surface area contributed by atoms with Crippen molar-refractivity contribution in [3.8, 4) is 0 Å². The standard InChI is InChI=1S/C21H16ClF4N3O4/c22-12-5-11(6-13(23)7-12)9-28-19(31)33-20(32)3-4-29(18(20)30)14-1-2-17-15(8-14)16(10-27-17)21(24,25)26/h1-2,5-8,10,27,32H,3-4,9H2,(H,28,31). The number of alkyl halides is 3. The van der Waals surface area contributed by atoms with Crippen molar-refractivity contribution >= 4 is 40.2 Å². The first-order valence-corrected chi connectivity index (χ1v) is 9.98. The molecule has 3 N–H and O–H groups in total. The Morgan fingerprint density at radius 2 is 2.03 bits per heavy atom. The molecule has 4 rings (SSSR count). The van der Waals surface area contributed by atoms with Crippen molar-refractivity contribution in [3.05, 3.63) is 64.6 Å². The van der Waals surface area contributed by atoms with Crippen LogP contribution in [0.5, 0.6) is 0 Å². The first-order chi connectivity index (χ1) is 15.5. The maximum Gasteiger partial charge on any atom is 0.418 e. The molecule has 1 saturated heterocycles. The van der Waals surface area contributed by atoms with E-state index in [0.717, 1.165) is 23.2 Å². The molecule has 7 nitrogen and oxygen atoms in total. The predicted molar refractivity (Wildman–Crippen MR) is 110 cm³/mol. The number of nitrogens with one attached hydrogen (secondary N) is 2.